The Kier molecular flexibility index (Phi) is 6.02. The van der Waals surface area contributed by atoms with Gasteiger partial charge in [-0.3, -0.25) is 20.2 Å². The first kappa shape index (κ1) is 20.9. The zero-order valence-electron chi connectivity index (χ0n) is 15.7. The molecule has 3 rings (SSSR count). The van der Waals surface area contributed by atoms with E-state index in [1.165, 1.54) is 6.07 Å². The first-order valence-electron chi connectivity index (χ1n) is 8.76. The van der Waals surface area contributed by atoms with Gasteiger partial charge in [0.05, 0.1) is 41.3 Å². The van der Waals surface area contributed by atoms with Crippen molar-refractivity contribution in [3.8, 4) is 11.1 Å². The second-order valence-corrected chi connectivity index (χ2v) is 6.36. The van der Waals surface area contributed by atoms with Gasteiger partial charge in [0.1, 0.15) is 6.10 Å². The molecule has 1 saturated heterocycles. The quantitative estimate of drug-likeness (QED) is 0.393. The molecule has 0 bridgehead atoms. The number of nitrogens with zero attached hydrogens (tertiary/aromatic N) is 2. The van der Waals surface area contributed by atoms with Crippen LogP contribution in [0.25, 0.3) is 11.1 Å². The average Bonchev–Trinajstić information content (AvgIpc) is 3.25. The molecular weight excluding hydrogens is 400 g/mol. The molecule has 1 heterocycles. The third kappa shape index (κ3) is 4.25. The summed E-state index contributed by atoms with van der Waals surface area (Å²) in [4.78, 5) is 46.1. The molecule has 2 aromatic carbocycles. The lowest BCUT2D eigenvalue weighted by Gasteiger charge is -2.15. The SMILES string of the molecule is COC(=O)c1ccc([N+](=O)[O-])cc1-c1cc([N+](=O)[O-])ccc1C(=O)O[C@H]1CCOC1. The van der Waals surface area contributed by atoms with Gasteiger partial charge in [-0.2, -0.15) is 0 Å². The Labute approximate surface area is 169 Å². The number of benzene rings is 2. The van der Waals surface area contributed by atoms with Gasteiger partial charge in [-0.25, -0.2) is 9.59 Å². The lowest BCUT2D eigenvalue weighted by atomic mass is 9.94. The average molecular weight is 416 g/mol. The Morgan fingerprint density at radius 1 is 0.967 bits per heavy atom. The van der Waals surface area contributed by atoms with Crippen molar-refractivity contribution in [3.05, 3.63) is 67.8 Å². The molecule has 1 fully saturated rings. The van der Waals surface area contributed by atoms with Crippen molar-refractivity contribution < 1.29 is 33.6 Å². The van der Waals surface area contributed by atoms with E-state index in [1.807, 2.05) is 0 Å². The van der Waals surface area contributed by atoms with Gasteiger partial charge in [-0.15, -0.1) is 0 Å². The van der Waals surface area contributed by atoms with Crippen LogP contribution in [0.5, 0.6) is 0 Å². The lowest BCUT2D eigenvalue weighted by Crippen LogP contribution is -2.19. The van der Waals surface area contributed by atoms with Crippen LogP contribution in [0.15, 0.2) is 36.4 Å². The maximum Gasteiger partial charge on any atom is 0.339 e. The van der Waals surface area contributed by atoms with Crippen molar-refractivity contribution in [2.24, 2.45) is 0 Å². The lowest BCUT2D eigenvalue weighted by molar-refractivity contribution is -0.385. The molecule has 11 heteroatoms. The molecule has 0 N–H and O–H groups in total. The van der Waals surface area contributed by atoms with Crippen LogP contribution >= 0.6 is 0 Å². The summed E-state index contributed by atoms with van der Waals surface area (Å²) in [6.07, 6.45) is 0.0175. The Hall–Kier alpha value is -3.86. The van der Waals surface area contributed by atoms with Gasteiger partial charge in [-0.1, -0.05) is 0 Å². The Bertz CT molecular complexity index is 1030. The molecule has 0 saturated carbocycles. The van der Waals surface area contributed by atoms with Gasteiger partial charge in [-0.05, 0) is 12.1 Å². The molecule has 0 unspecified atom stereocenters. The second kappa shape index (κ2) is 8.66. The number of methoxy groups -OCH3 is 1. The van der Waals surface area contributed by atoms with E-state index in [0.717, 1.165) is 37.4 Å². The molecular formula is C19H16N2O9. The fourth-order valence-corrected chi connectivity index (χ4v) is 3.02. The molecule has 0 aliphatic carbocycles. The summed E-state index contributed by atoms with van der Waals surface area (Å²) in [6.45, 7) is 0.653. The highest BCUT2D eigenvalue weighted by Gasteiger charge is 2.27. The summed E-state index contributed by atoms with van der Waals surface area (Å²) in [5.74, 6) is -1.62. The first-order chi connectivity index (χ1) is 14.3. The molecule has 11 nitrogen and oxygen atoms in total. The number of rotatable bonds is 6. The van der Waals surface area contributed by atoms with Crippen LogP contribution in [0.3, 0.4) is 0 Å². The number of hydrogen-bond donors (Lipinski definition) is 0. The van der Waals surface area contributed by atoms with Crippen LogP contribution in [0.2, 0.25) is 0 Å². The molecule has 1 aliphatic heterocycles. The van der Waals surface area contributed by atoms with E-state index >= 15 is 0 Å². The van der Waals surface area contributed by atoms with Crippen LogP contribution in [0, 0.1) is 20.2 Å². The summed E-state index contributed by atoms with van der Waals surface area (Å²) in [5, 5.41) is 22.5. The third-order valence-corrected chi connectivity index (χ3v) is 4.50. The molecule has 0 amide bonds. The van der Waals surface area contributed by atoms with Crippen molar-refractivity contribution in [2.75, 3.05) is 20.3 Å². The van der Waals surface area contributed by atoms with E-state index in [4.69, 9.17) is 14.2 Å². The maximum absolute atomic E-state index is 12.7. The summed E-state index contributed by atoms with van der Waals surface area (Å²) >= 11 is 0. The number of esters is 2. The van der Waals surface area contributed by atoms with Crippen LogP contribution in [-0.4, -0.2) is 48.2 Å². The zero-order valence-corrected chi connectivity index (χ0v) is 15.7. The number of ether oxygens (including phenoxy) is 3. The fourth-order valence-electron chi connectivity index (χ4n) is 3.02. The number of nitro groups is 2. The minimum atomic E-state index is -0.824. The third-order valence-electron chi connectivity index (χ3n) is 4.50. The predicted octanol–water partition coefficient (Wildman–Crippen LogP) is 2.90. The van der Waals surface area contributed by atoms with Gasteiger partial charge in [0, 0.05) is 41.8 Å². The normalized spacial score (nSPS) is 15.4. The van der Waals surface area contributed by atoms with Crippen LogP contribution in [0.4, 0.5) is 11.4 Å². The summed E-state index contributed by atoms with van der Waals surface area (Å²) in [7, 11) is 1.12. The van der Waals surface area contributed by atoms with Gasteiger partial charge >= 0.3 is 11.9 Å². The summed E-state index contributed by atoms with van der Waals surface area (Å²) in [6, 6.07) is 6.68. The maximum atomic E-state index is 12.7. The molecule has 30 heavy (non-hydrogen) atoms. The van der Waals surface area contributed by atoms with Crippen LogP contribution < -0.4 is 0 Å². The standard InChI is InChI=1S/C19H16N2O9/c1-28-18(22)14-4-2-11(20(24)25)8-16(14)17-9-12(21(26)27)3-5-15(17)19(23)30-13-6-7-29-10-13/h2-5,8-9,13H,6-7,10H2,1H3/t13-/m0/s1. The number of non-ortho nitro benzene ring substituents is 2. The molecule has 156 valence electrons. The Morgan fingerprint density at radius 3 is 1.93 bits per heavy atom. The van der Waals surface area contributed by atoms with E-state index in [-0.39, 0.29) is 40.2 Å². The second-order valence-electron chi connectivity index (χ2n) is 6.36. The van der Waals surface area contributed by atoms with E-state index in [0.29, 0.717) is 13.0 Å². The highest BCUT2D eigenvalue weighted by molar-refractivity contribution is 6.04. The molecule has 0 aromatic heterocycles. The minimum absolute atomic E-state index is 0.0581. The Balaban J connectivity index is 2.19. The van der Waals surface area contributed by atoms with Crippen LogP contribution in [0.1, 0.15) is 27.1 Å². The van der Waals surface area contributed by atoms with E-state index < -0.39 is 27.9 Å². The number of carbonyl (C=O) groups excluding carboxylic acids is 2. The van der Waals surface area contributed by atoms with Crippen molar-refractivity contribution >= 4 is 23.3 Å². The smallest absolute Gasteiger partial charge is 0.339 e. The topological polar surface area (TPSA) is 148 Å². The number of carbonyl (C=O) groups is 2. The monoisotopic (exact) mass is 416 g/mol. The molecule has 2 aromatic rings. The minimum Gasteiger partial charge on any atom is -0.465 e. The van der Waals surface area contributed by atoms with E-state index in [2.05, 4.69) is 0 Å². The number of hydrogen-bond acceptors (Lipinski definition) is 9. The molecule has 1 aliphatic rings. The largest absolute Gasteiger partial charge is 0.465 e. The molecule has 0 radical (unpaired) electrons. The van der Waals surface area contributed by atoms with Crippen LogP contribution in [-0.2, 0) is 14.2 Å². The highest BCUT2D eigenvalue weighted by Crippen LogP contribution is 2.34. The van der Waals surface area contributed by atoms with Crippen molar-refractivity contribution in [1.82, 2.24) is 0 Å². The predicted molar refractivity (Wildman–Crippen MR) is 101 cm³/mol. The summed E-state index contributed by atoms with van der Waals surface area (Å²) in [5.41, 5.74) is -1.03. The van der Waals surface area contributed by atoms with Gasteiger partial charge in [0.2, 0.25) is 0 Å². The summed E-state index contributed by atoms with van der Waals surface area (Å²) < 4.78 is 15.3. The highest BCUT2D eigenvalue weighted by atomic mass is 16.6. The Morgan fingerprint density at radius 2 is 1.50 bits per heavy atom. The van der Waals surface area contributed by atoms with E-state index in [1.54, 1.807) is 0 Å². The number of nitro benzene ring substituents is 2. The molecule has 0 spiro atoms. The van der Waals surface area contributed by atoms with Gasteiger partial charge < -0.3 is 14.2 Å². The van der Waals surface area contributed by atoms with Gasteiger partial charge in [0.25, 0.3) is 11.4 Å². The van der Waals surface area contributed by atoms with E-state index in [9.17, 15) is 29.8 Å². The van der Waals surface area contributed by atoms with Crippen molar-refractivity contribution in [3.63, 3.8) is 0 Å². The fraction of sp³-hybridized carbons (Fsp3) is 0.263. The zero-order chi connectivity index (χ0) is 21.8. The first-order valence-corrected chi connectivity index (χ1v) is 8.76. The molecule has 1 atom stereocenters. The van der Waals surface area contributed by atoms with Crippen molar-refractivity contribution in [2.45, 2.75) is 12.5 Å². The van der Waals surface area contributed by atoms with Gasteiger partial charge in [0.15, 0.2) is 0 Å². The van der Waals surface area contributed by atoms with Crippen molar-refractivity contribution in [1.29, 1.82) is 0 Å².